The zero-order valence-corrected chi connectivity index (χ0v) is 9.95. The van der Waals surface area contributed by atoms with Crippen LogP contribution in [0.3, 0.4) is 0 Å². The van der Waals surface area contributed by atoms with Gasteiger partial charge >= 0.3 is 0 Å². The zero-order valence-electron chi connectivity index (χ0n) is 9.95. The second kappa shape index (κ2) is 3.59. The molecule has 0 aromatic heterocycles. The topological polar surface area (TPSA) is 55.1 Å². The van der Waals surface area contributed by atoms with Crippen LogP contribution in [0.5, 0.6) is 0 Å². The summed E-state index contributed by atoms with van der Waals surface area (Å²) in [6.07, 6.45) is 0. The Morgan fingerprint density at radius 3 is 2.56 bits per heavy atom. The summed E-state index contributed by atoms with van der Waals surface area (Å²) in [6, 6.07) is 8.17. The number of carbonyl (C=O) groups excluding carboxylic acids is 1. The minimum atomic E-state index is -0.0449. The SMILES string of the molecule is CC(=O)Nc1cccc([C@H]2[C@H](N)C2(C)C)c1. The molecule has 1 aromatic rings. The van der Waals surface area contributed by atoms with Gasteiger partial charge in [-0.3, -0.25) is 4.79 Å². The molecule has 0 spiro atoms. The van der Waals surface area contributed by atoms with Crippen molar-refractivity contribution in [3.63, 3.8) is 0 Å². The first kappa shape index (κ1) is 11.1. The maximum absolute atomic E-state index is 11.0. The van der Waals surface area contributed by atoms with E-state index in [0.717, 1.165) is 5.69 Å². The first-order chi connectivity index (χ1) is 7.43. The van der Waals surface area contributed by atoms with E-state index in [1.165, 1.54) is 12.5 Å². The zero-order chi connectivity index (χ0) is 11.9. The second-order valence-corrected chi connectivity index (χ2v) is 5.13. The molecule has 3 heteroatoms. The normalized spacial score (nSPS) is 26.2. The Balaban J connectivity index is 2.21. The highest BCUT2D eigenvalue weighted by molar-refractivity contribution is 5.88. The molecule has 1 fully saturated rings. The molecule has 0 radical (unpaired) electrons. The smallest absolute Gasteiger partial charge is 0.221 e. The molecule has 1 saturated carbocycles. The molecule has 1 aromatic carbocycles. The molecule has 1 aliphatic carbocycles. The van der Waals surface area contributed by atoms with Crippen LogP contribution in [0.2, 0.25) is 0 Å². The number of hydrogen-bond donors (Lipinski definition) is 2. The minimum Gasteiger partial charge on any atom is -0.327 e. The molecule has 0 heterocycles. The van der Waals surface area contributed by atoms with Crippen LogP contribution >= 0.6 is 0 Å². The fourth-order valence-corrected chi connectivity index (χ4v) is 2.33. The van der Waals surface area contributed by atoms with Crippen molar-refractivity contribution in [2.75, 3.05) is 5.32 Å². The largest absolute Gasteiger partial charge is 0.327 e. The van der Waals surface area contributed by atoms with Crippen molar-refractivity contribution in [3.8, 4) is 0 Å². The van der Waals surface area contributed by atoms with E-state index >= 15 is 0 Å². The van der Waals surface area contributed by atoms with Crippen molar-refractivity contribution in [2.24, 2.45) is 11.1 Å². The van der Waals surface area contributed by atoms with E-state index in [1.807, 2.05) is 18.2 Å². The Morgan fingerprint density at radius 2 is 2.06 bits per heavy atom. The van der Waals surface area contributed by atoms with E-state index in [0.29, 0.717) is 5.92 Å². The average Bonchev–Trinajstić information content (AvgIpc) is 2.65. The highest BCUT2D eigenvalue weighted by Gasteiger charge is 2.56. The number of anilines is 1. The minimum absolute atomic E-state index is 0.0449. The van der Waals surface area contributed by atoms with Gasteiger partial charge in [0.1, 0.15) is 0 Å². The van der Waals surface area contributed by atoms with Gasteiger partial charge in [0.05, 0.1) is 0 Å². The molecule has 0 aliphatic heterocycles. The van der Waals surface area contributed by atoms with Crippen LogP contribution in [-0.2, 0) is 4.79 Å². The van der Waals surface area contributed by atoms with Gasteiger partial charge in [-0.1, -0.05) is 26.0 Å². The van der Waals surface area contributed by atoms with Crippen molar-refractivity contribution in [1.29, 1.82) is 0 Å². The highest BCUT2D eigenvalue weighted by atomic mass is 16.1. The lowest BCUT2D eigenvalue weighted by Gasteiger charge is -2.06. The van der Waals surface area contributed by atoms with Gasteiger partial charge in [0.15, 0.2) is 0 Å². The first-order valence-electron chi connectivity index (χ1n) is 5.56. The van der Waals surface area contributed by atoms with Gasteiger partial charge in [0, 0.05) is 24.6 Å². The van der Waals surface area contributed by atoms with Gasteiger partial charge in [-0.15, -0.1) is 0 Å². The van der Waals surface area contributed by atoms with E-state index in [1.54, 1.807) is 0 Å². The summed E-state index contributed by atoms with van der Waals surface area (Å²) in [5.74, 6) is 0.359. The average molecular weight is 218 g/mol. The summed E-state index contributed by atoms with van der Waals surface area (Å²) < 4.78 is 0. The summed E-state index contributed by atoms with van der Waals surface area (Å²) in [4.78, 5) is 11.0. The van der Waals surface area contributed by atoms with Crippen molar-refractivity contribution in [3.05, 3.63) is 29.8 Å². The maximum atomic E-state index is 11.0. The lowest BCUT2D eigenvalue weighted by Crippen LogP contribution is -2.07. The molecule has 2 rings (SSSR count). The number of amides is 1. The molecule has 86 valence electrons. The number of nitrogens with one attached hydrogen (secondary N) is 1. The summed E-state index contributed by atoms with van der Waals surface area (Å²) in [5, 5.41) is 2.79. The molecule has 1 amide bonds. The van der Waals surface area contributed by atoms with Gasteiger partial charge in [-0.25, -0.2) is 0 Å². The van der Waals surface area contributed by atoms with Gasteiger partial charge < -0.3 is 11.1 Å². The van der Waals surface area contributed by atoms with Gasteiger partial charge in [-0.2, -0.15) is 0 Å². The molecule has 16 heavy (non-hydrogen) atoms. The van der Waals surface area contributed by atoms with Crippen molar-refractivity contribution >= 4 is 11.6 Å². The Labute approximate surface area is 96.0 Å². The summed E-state index contributed by atoms with van der Waals surface area (Å²) in [5.41, 5.74) is 8.27. The Hall–Kier alpha value is -1.35. The fraction of sp³-hybridized carbons (Fsp3) is 0.462. The first-order valence-corrected chi connectivity index (χ1v) is 5.56. The Bertz CT molecular complexity index is 426. The van der Waals surface area contributed by atoms with Crippen LogP contribution in [0.4, 0.5) is 5.69 Å². The van der Waals surface area contributed by atoms with Crippen molar-refractivity contribution in [1.82, 2.24) is 0 Å². The Morgan fingerprint density at radius 1 is 1.44 bits per heavy atom. The highest BCUT2D eigenvalue weighted by Crippen LogP contribution is 2.57. The number of rotatable bonds is 2. The van der Waals surface area contributed by atoms with Gasteiger partial charge in [0.25, 0.3) is 0 Å². The van der Waals surface area contributed by atoms with Crippen LogP contribution in [0, 0.1) is 5.41 Å². The van der Waals surface area contributed by atoms with E-state index < -0.39 is 0 Å². The third-order valence-electron chi connectivity index (χ3n) is 3.48. The van der Waals surface area contributed by atoms with Gasteiger partial charge in [0.2, 0.25) is 5.91 Å². The molecule has 2 atom stereocenters. The number of hydrogen-bond acceptors (Lipinski definition) is 2. The summed E-state index contributed by atoms with van der Waals surface area (Å²) >= 11 is 0. The molecule has 3 N–H and O–H groups in total. The number of carbonyl (C=O) groups is 1. The molecule has 0 saturated heterocycles. The number of nitrogens with two attached hydrogens (primary N) is 1. The van der Waals surface area contributed by atoms with E-state index in [-0.39, 0.29) is 17.4 Å². The van der Waals surface area contributed by atoms with E-state index in [4.69, 9.17) is 5.73 Å². The molecule has 0 unspecified atom stereocenters. The summed E-state index contributed by atoms with van der Waals surface area (Å²) in [6.45, 7) is 5.86. The van der Waals surface area contributed by atoms with E-state index in [9.17, 15) is 4.79 Å². The standard InChI is InChI=1S/C13H18N2O/c1-8(16)15-10-6-4-5-9(7-10)11-12(14)13(11,2)3/h4-7,11-12H,14H2,1-3H3,(H,15,16)/t11-,12-/m0/s1. The lowest BCUT2D eigenvalue weighted by atomic mass is 10.0. The Kier molecular flexibility index (Phi) is 2.50. The van der Waals surface area contributed by atoms with E-state index in [2.05, 4.69) is 25.2 Å². The van der Waals surface area contributed by atoms with Crippen molar-refractivity contribution in [2.45, 2.75) is 32.7 Å². The van der Waals surface area contributed by atoms with Crippen molar-refractivity contribution < 1.29 is 4.79 Å². The van der Waals surface area contributed by atoms with Crippen LogP contribution in [-0.4, -0.2) is 11.9 Å². The maximum Gasteiger partial charge on any atom is 0.221 e. The van der Waals surface area contributed by atoms with Crippen LogP contribution in [0.1, 0.15) is 32.3 Å². The molecule has 0 bridgehead atoms. The molecule has 3 nitrogen and oxygen atoms in total. The monoisotopic (exact) mass is 218 g/mol. The third-order valence-corrected chi connectivity index (χ3v) is 3.48. The third kappa shape index (κ3) is 1.83. The van der Waals surface area contributed by atoms with Gasteiger partial charge in [-0.05, 0) is 23.1 Å². The fourth-order valence-electron chi connectivity index (χ4n) is 2.33. The number of benzene rings is 1. The lowest BCUT2D eigenvalue weighted by molar-refractivity contribution is -0.114. The molecule has 1 aliphatic rings. The predicted octanol–water partition coefficient (Wildman–Crippen LogP) is 2.10. The quantitative estimate of drug-likeness (QED) is 0.798. The molecular formula is C13H18N2O. The van der Waals surface area contributed by atoms with Crippen LogP contribution < -0.4 is 11.1 Å². The molecular weight excluding hydrogens is 200 g/mol. The second-order valence-electron chi connectivity index (χ2n) is 5.13. The summed E-state index contributed by atoms with van der Waals surface area (Å²) in [7, 11) is 0. The predicted molar refractivity (Wildman–Crippen MR) is 65.2 cm³/mol. The van der Waals surface area contributed by atoms with Crippen LogP contribution in [0.15, 0.2) is 24.3 Å². The van der Waals surface area contributed by atoms with Crippen LogP contribution in [0.25, 0.3) is 0 Å².